The van der Waals surface area contributed by atoms with Crippen molar-refractivity contribution in [2.75, 3.05) is 39.6 Å². The van der Waals surface area contributed by atoms with Crippen LogP contribution in [0.25, 0.3) is 0 Å². The number of aliphatic hydroxyl groups is 1. The van der Waals surface area contributed by atoms with Crippen molar-refractivity contribution in [3.05, 3.63) is 0 Å². The average Bonchev–Trinajstić information content (AvgIpc) is 0.907. The van der Waals surface area contributed by atoms with Gasteiger partial charge in [-0.1, -0.05) is 382 Å². The molecule has 3 N–H and O–H groups in total. The van der Waals surface area contributed by atoms with Crippen molar-refractivity contribution in [1.82, 2.24) is 0 Å². The summed E-state index contributed by atoms with van der Waals surface area (Å²) in [5.41, 5.74) is 0. The van der Waals surface area contributed by atoms with Crippen LogP contribution in [-0.4, -0.2) is 96.7 Å². The maximum absolute atomic E-state index is 13.1. The van der Waals surface area contributed by atoms with E-state index in [2.05, 4.69) is 48.5 Å². The molecule has 0 saturated heterocycles. The maximum atomic E-state index is 13.1. The molecule has 0 spiro atoms. The highest BCUT2D eigenvalue weighted by Crippen LogP contribution is 2.45. The average molecular weight is 1490 g/mol. The normalized spacial score (nSPS) is 13.9. The maximum Gasteiger partial charge on any atom is 0.472 e. The first-order valence-electron chi connectivity index (χ1n) is 42.8. The molecule has 0 bridgehead atoms. The summed E-state index contributed by atoms with van der Waals surface area (Å²) in [4.78, 5) is 73.1. The Kier molecular flexibility index (Phi) is 71.8. The molecule has 2 unspecified atom stereocenters. The van der Waals surface area contributed by atoms with Crippen LogP contribution in [0.1, 0.15) is 434 Å². The molecule has 0 aliphatic rings. The molecule has 0 fully saturated rings. The summed E-state index contributed by atoms with van der Waals surface area (Å²) < 4.78 is 68.8. The molecule has 606 valence electrons. The fraction of sp³-hybridized carbons (Fsp3) is 0.952. The van der Waals surface area contributed by atoms with E-state index >= 15 is 0 Å². The van der Waals surface area contributed by atoms with Crippen LogP contribution in [0.3, 0.4) is 0 Å². The molecule has 0 rings (SSSR count). The molecule has 5 atom stereocenters. The van der Waals surface area contributed by atoms with Gasteiger partial charge in [0.1, 0.15) is 19.3 Å². The van der Waals surface area contributed by atoms with Crippen molar-refractivity contribution in [3.63, 3.8) is 0 Å². The highest BCUT2D eigenvalue weighted by Gasteiger charge is 2.30. The fourth-order valence-corrected chi connectivity index (χ4v) is 14.4. The summed E-state index contributed by atoms with van der Waals surface area (Å²) >= 11 is 0. The molecule has 0 aromatic rings. The van der Waals surface area contributed by atoms with Crippen molar-refractivity contribution in [2.24, 2.45) is 17.8 Å². The molecule has 0 heterocycles. The molecule has 0 aliphatic carbocycles. The number of unbranched alkanes of at least 4 members (excludes halogenated alkanes) is 49. The van der Waals surface area contributed by atoms with E-state index in [1.54, 1.807) is 0 Å². The number of carbonyl (C=O) groups is 4. The van der Waals surface area contributed by atoms with E-state index in [1.807, 2.05) is 0 Å². The number of aliphatic hydroxyl groups excluding tert-OH is 1. The van der Waals surface area contributed by atoms with Gasteiger partial charge in [-0.15, -0.1) is 0 Å². The van der Waals surface area contributed by atoms with Crippen LogP contribution >= 0.6 is 15.6 Å². The van der Waals surface area contributed by atoms with Gasteiger partial charge in [0.05, 0.1) is 26.4 Å². The van der Waals surface area contributed by atoms with Crippen molar-refractivity contribution >= 4 is 39.5 Å². The SMILES string of the molecule is CCCCCCCCCCCCCCCCCCCC(=O)OC[C@H](COP(=O)(O)OC[C@@H](O)COP(=O)(O)OC[C@@H](COC(=O)CCCCCCCCCCCC(C)C)OC(=O)CCCCCCCCCCCCCC(C)C)OC(=O)CCCCCCCCCCCCCCCCCCC(C)C. The van der Waals surface area contributed by atoms with Crippen molar-refractivity contribution in [3.8, 4) is 0 Å². The molecular formula is C83H162O17P2. The highest BCUT2D eigenvalue weighted by atomic mass is 31.2. The Morgan fingerprint density at radius 1 is 0.265 bits per heavy atom. The van der Waals surface area contributed by atoms with Gasteiger partial charge in [-0.05, 0) is 43.4 Å². The van der Waals surface area contributed by atoms with E-state index < -0.39 is 97.5 Å². The molecular weight excluding hydrogens is 1330 g/mol. The van der Waals surface area contributed by atoms with Gasteiger partial charge in [0, 0.05) is 25.7 Å². The van der Waals surface area contributed by atoms with E-state index in [9.17, 15) is 43.2 Å². The summed E-state index contributed by atoms with van der Waals surface area (Å²) in [7, 11) is -9.93. The van der Waals surface area contributed by atoms with E-state index in [0.29, 0.717) is 25.7 Å². The number of rotatable bonds is 81. The van der Waals surface area contributed by atoms with Crippen LogP contribution in [0.4, 0.5) is 0 Å². The topological polar surface area (TPSA) is 237 Å². The number of phosphoric acid groups is 2. The first kappa shape index (κ1) is 100. The van der Waals surface area contributed by atoms with Gasteiger partial charge in [0.15, 0.2) is 12.2 Å². The quantitative estimate of drug-likeness (QED) is 0.0222. The Morgan fingerprint density at radius 2 is 0.451 bits per heavy atom. The zero-order chi connectivity index (χ0) is 75.1. The summed E-state index contributed by atoms with van der Waals surface area (Å²) in [5.74, 6) is 0.211. The van der Waals surface area contributed by atoms with E-state index in [-0.39, 0.29) is 25.7 Å². The summed E-state index contributed by atoms with van der Waals surface area (Å²) in [6.07, 6.45) is 62.4. The molecule has 0 amide bonds. The zero-order valence-electron chi connectivity index (χ0n) is 67.1. The number of carbonyl (C=O) groups excluding carboxylic acids is 4. The van der Waals surface area contributed by atoms with E-state index in [1.165, 1.54) is 244 Å². The van der Waals surface area contributed by atoms with E-state index in [4.69, 9.17) is 37.0 Å². The van der Waals surface area contributed by atoms with Gasteiger partial charge in [-0.25, -0.2) is 9.13 Å². The van der Waals surface area contributed by atoms with Gasteiger partial charge in [-0.2, -0.15) is 0 Å². The summed E-state index contributed by atoms with van der Waals surface area (Å²) in [6.45, 7) is 12.0. The number of ether oxygens (including phenoxy) is 4. The minimum atomic E-state index is -4.96. The van der Waals surface area contributed by atoms with Gasteiger partial charge < -0.3 is 33.8 Å². The largest absolute Gasteiger partial charge is 0.472 e. The minimum absolute atomic E-state index is 0.106. The minimum Gasteiger partial charge on any atom is -0.462 e. The van der Waals surface area contributed by atoms with Crippen LogP contribution in [-0.2, 0) is 65.4 Å². The van der Waals surface area contributed by atoms with Gasteiger partial charge in [0.25, 0.3) is 0 Å². The molecule has 17 nitrogen and oxygen atoms in total. The van der Waals surface area contributed by atoms with Crippen LogP contribution < -0.4 is 0 Å². The first-order chi connectivity index (χ1) is 49.2. The second-order valence-corrected chi connectivity index (χ2v) is 34.2. The number of hydrogen-bond donors (Lipinski definition) is 3. The zero-order valence-corrected chi connectivity index (χ0v) is 68.9. The van der Waals surface area contributed by atoms with Gasteiger partial charge in [-0.3, -0.25) is 37.3 Å². The van der Waals surface area contributed by atoms with Gasteiger partial charge >= 0.3 is 39.5 Å². The predicted molar refractivity (Wildman–Crippen MR) is 418 cm³/mol. The lowest BCUT2D eigenvalue weighted by atomic mass is 10.0. The lowest BCUT2D eigenvalue weighted by Crippen LogP contribution is -2.30. The van der Waals surface area contributed by atoms with Crippen LogP contribution in [0.15, 0.2) is 0 Å². The van der Waals surface area contributed by atoms with Crippen LogP contribution in [0.2, 0.25) is 0 Å². The van der Waals surface area contributed by atoms with E-state index in [0.717, 1.165) is 108 Å². The molecule has 0 aromatic heterocycles. The lowest BCUT2D eigenvalue weighted by molar-refractivity contribution is -0.161. The number of phosphoric ester groups is 2. The Bertz CT molecular complexity index is 1970. The Hall–Kier alpha value is -1.94. The van der Waals surface area contributed by atoms with Crippen molar-refractivity contribution in [2.45, 2.75) is 452 Å². The Balaban J connectivity index is 5.26. The lowest BCUT2D eigenvalue weighted by Gasteiger charge is -2.21. The second-order valence-electron chi connectivity index (χ2n) is 31.3. The number of hydrogen-bond acceptors (Lipinski definition) is 15. The Labute approximate surface area is 626 Å². The summed E-state index contributed by atoms with van der Waals surface area (Å²) in [6, 6.07) is 0. The number of esters is 4. The summed E-state index contributed by atoms with van der Waals surface area (Å²) in [5, 5.41) is 10.7. The molecule has 19 heteroatoms. The standard InChI is InChI=1S/C83H162O17P2/c1-8-9-10-11-12-13-14-15-16-17-21-24-29-36-43-50-57-64-80(85)93-70-78(99-82(87)66-59-52-45-37-30-25-22-19-18-20-23-27-33-40-47-54-61-74(2)3)72-97-101(89,90)95-68-77(84)69-96-102(91,92)98-73-79(71-94-81(86)65-58-51-44-39-32-35-42-49-56-63-76(6)7)100-83(88)67-60-53-46-38-31-26-28-34-41-48-55-62-75(4)5/h74-79,84H,8-73H2,1-7H3,(H,89,90)(H,91,92)/t77-,78-,79-/m1/s1. The first-order valence-corrected chi connectivity index (χ1v) is 45.8. The third-order valence-electron chi connectivity index (χ3n) is 19.4. The van der Waals surface area contributed by atoms with Crippen molar-refractivity contribution < 1.29 is 80.2 Å². The second kappa shape index (κ2) is 73.2. The highest BCUT2D eigenvalue weighted by molar-refractivity contribution is 7.47. The predicted octanol–water partition coefficient (Wildman–Crippen LogP) is 24.9. The van der Waals surface area contributed by atoms with Crippen molar-refractivity contribution in [1.29, 1.82) is 0 Å². The monoisotopic (exact) mass is 1490 g/mol. The van der Waals surface area contributed by atoms with Crippen LogP contribution in [0, 0.1) is 17.8 Å². The third-order valence-corrected chi connectivity index (χ3v) is 21.3. The Morgan fingerprint density at radius 3 is 0.667 bits per heavy atom. The smallest absolute Gasteiger partial charge is 0.462 e. The molecule has 0 aromatic carbocycles. The molecule has 0 saturated carbocycles. The fourth-order valence-electron chi connectivity index (χ4n) is 12.8. The van der Waals surface area contributed by atoms with Crippen LogP contribution in [0.5, 0.6) is 0 Å². The third kappa shape index (κ3) is 76.3. The molecule has 0 radical (unpaired) electrons. The molecule has 0 aliphatic heterocycles. The molecule has 102 heavy (non-hydrogen) atoms. The van der Waals surface area contributed by atoms with Gasteiger partial charge in [0.2, 0.25) is 0 Å².